The topological polar surface area (TPSA) is 29.1 Å². The summed E-state index contributed by atoms with van der Waals surface area (Å²) in [4.78, 5) is 11.5. The SMILES string of the molecule is CC(=O)Nc1ccccc1C1=C(c2cccc(C)c2)C(C)(C)C1. The molecule has 0 saturated carbocycles. The number of anilines is 1. The van der Waals surface area contributed by atoms with Gasteiger partial charge in [-0.15, -0.1) is 0 Å². The number of benzene rings is 2. The molecule has 0 fully saturated rings. The Balaban J connectivity index is 2.15. The lowest BCUT2D eigenvalue weighted by atomic mass is 9.62. The van der Waals surface area contributed by atoms with Crippen LogP contribution in [0.25, 0.3) is 11.1 Å². The van der Waals surface area contributed by atoms with E-state index in [1.807, 2.05) is 18.2 Å². The third-order valence-electron chi connectivity index (χ3n) is 4.47. The summed E-state index contributed by atoms with van der Waals surface area (Å²) in [5.41, 5.74) is 7.48. The van der Waals surface area contributed by atoms with Gasteiger partial charge in [0.1, 0.15) is 0 Å². The van der Waals surface area contributed by atoms with Crippen molar-refractivity contribution in [2.45, 2.75) is 34.1 Å². The van der Waals surface area contributed by atoms with E-state index in [0.717, 1.165) is 17.7 Å². The van der Waals surface area contributed by atoms with E-state index in [2.05, 4.69) is 56.4 Å². The number of amides is 1. The number of nitrogens with one attached hydrogen (secondary N) is 1. The predicted molar refractivity (Wildman–Crippen MR) is 97.1 cm³/mol. The second kappa shape index (κ2) is 5.69. The second-order valence-corrected chi connectivity index (χ2v) is 7.01. The minimum absolute atomic E-state index is 0.0336. The summed E-state index contributed by atoms with van der Waals surface area (Å²) in [5.74, 6) is -0.0336. The van der Waals surface area contributed by atoms with E-state index in [1.54, 1.807) is 6.92 Å². The number of carbonyl (C=O) groups is 1. The molecule has 1 N–H and O–H groups in total. The van der Waals surface area contributed by atoms with E-state index in [0.29, 0.717) is 0 Å². The maximum Gasteiger partial charge on any atom is 0.221 e. The Hall–Kier alpha value is -2.35. The van der Waals surface area contributed by atoms with Gasteiger partial charge in [0.05, 0.1) is 0 Å². The summed E-state index contributed by atoms with van der Waals surface area (Å²) in [6.07, 6.45) is 1.02. The van der Waals surface area contributed by atoms with E-state index in [4.69, 9.17) is 0 Å². The van der Waals surface area contributed by atoms with Crippen LogP contribution in [0.1, 0.15) is 43.9 Å². The summed E-state index contributed by atoms with van der Waals surface area (Å²) < 4.78 is 0. The minimum Gasteiger partial charge on any atom is -0.326 e. The molecule has 23 heavy (non-hydrogen) atoms. The van der Waals surface area contributed by atoms with Crippen molar-refractivity contribution >= 4 is 22.7 Å². The molecule has 2 nitrogen and oxygen atoms in total. The van der Waals surface area contributed by atoms with Crippen LogP contribution < -0.4 is 5.32 Å². The Kier molecular flexibility index (Phi) is 3.85. The van der Waals surface area contributed by atoms with E-state index in [-0.39, 0.29) is 11.3 Å². The smallest absolute Gasteiger partial charge is 0.221 e. The van der Waals surface area contributed by atoms with Gasteiger partial charge in [-0.05, 0) is 41.5 Å². The molecule has 0 radical (unpaired) electrons. The molecule has 0 aromatic heterocycles. The molecular weight excluding hydrogens is 282 g/mol. The molecule has 1 aliphatic carbocycles. The first kappa shape index (κ1) is 15.5. The molecule has 0 bridgehead atoms. The predicted octanol–water partition coefficient (Wildman–Crippen LogP) is 5.29. The normalized spacial score (nSPS) is 16.0. The van der Waals surface area contributed by atoms with Crippen molar-refractivity contribution in [2.24, 2.45) is 5.41 Å². The van der Waals surface area contributed by atoms with Crippen LogP contribution in [-0.2, 0) is 4.79 Å². The van der Waals surface area contributed by atoms with E-state index in [9.17, 15) is 4.79 Å². The molecule has 0 atom stereocenters. The zero-order valence-corrected chi connectivity index (χ0v) is 14.2. The van der Waals surface area contributed by atoms with Crippen LogP contribution in [0.3, 0.4) is 0 Å². The van der Waals surface area contributed by atoms with Gasteiger partial charge >= 0.3 is 0 Å². The summed E-state index contributed by atoms with van der Waals surface area (Å²) in [6, 6.07) is 16.7. The first-order valence-electron chi connectivity index (χ1n) is 8.06. The van der Waals surface area contributed by atoms with Gasteiger partial charge in [-0.25, -0.2) is 0 Å². The first-order chi connectivity index (χ1) is 10.9. The summed E-state index contributed by atoms with van der Waals surface area (Å²) in [5, 5.41) is 2.96. The number of hydrogen-bond donors (Lipinski definition) is 1. The van der Waals surface area contributed by atoms with Gasteiger partial charge in [0, 0.05) is 18.2 Å². The summed E-state index contributed by atoms with van der Waals surface area (Å²) >= 11 is 0. The van der Waals surface area contributed by atoms with Gasteiger partial charge in [0.25, 0.3) is 0 Å². The lowest BCUT2D eigenvalue weighted by Gasteiger charge is -2.42. The van der Waals surface area contributed by atoms with Gasteiger partial charge in [0.15, 0.2) is 0 Å². The van der Waals surface area contributed by atoms with E-state index < -0.39 is 0 Å². The molecule has 118 valence electrons. The van der Waals surface area contributed by atoms with Crippen LogP contribution in [0.2, 0.25) is 0 Å². The van der Waals surface area contributed by atoms with Crippen molar-refractivity contribution in [3.8, 4) is 0 Å². The van der Waals surface area contributed by atoms with Crippen molar-refractivity contribution in [1.29, 1.82) is 0 Å². The zero-order chi connectivity index (χ0) is 16.6. The van der Waals surface area contributed by atoms with E-state index in [1.165, 1.54) is 22.3 Å². The number of para-hydroxylation sites is 1. The monoisotopic (exact) mass is 305 g/mol. The number of allylic oxidation sites excluding steroid dienone is 2. The third-order valence-corrected chi connectivity index (χ3v) is 4.47. The molecule has 0 saturated heterocycles. The molecule has 3 rings (SSSR count). The Morgan fingerprint density at radius 3 is 2.48 bits per heavy atom. The fourth-order valence-corrected chi connectivity index (χ4v) is 3.56. The molecule has 1 aliphatic rings. The molecule has 0 spiro atoms. The van der Waals surface area contributed by atoms with Crippen LogP contribution in [-0.4, -0.2) is 5.91 Å². The lowest BCUT2D eigenvalue weighted by Crippen LogP contribution is -2.26. The van der Waals surface area contributed by atoms with Gasteiger partial charge in [-0.3, -0.25) is 4.79 Å². The number of hydrogen-bond acceptors (Lipinski definition) is 1. The summed E-state index contributed by atoms with van der Waals surface area (Å²) in [6.45, 7) is 8.25. The fraction of sp³-hybridized carbons (Fsp3) is 0.286. The fourth-order valence-electron chi connectivity index (χ4n) is 3.56. The van der Waals surface area contributed by atoms with Crippen LogP contribution in [0.5, 0.6) is 0 Å². The second-order valence-electron chi connectivity index (χ2n) is 7.01. The molecule has 0 heterocycles. The molecule has 2 aromatic carbocycles. The molecule has 2 aromatic rings. The Bertz CT molecular complexity index is 799. The average molecular weight is 305 g/mol. The summed E-state index contributed by atoms with van der Waals surface area (Å²) in [7, 11) is 0. The Morgan fingerprint density at radius 1 is 1.09 bits per heavy atom. The van der Waals surface area contributed by atoms with Crippen molar-refractivity contribution in [2.75, 3.05) is 5.32 Å². The van der Waals surface area contributed by atoms with Gasteiger partial charge in [-0.1, -0.05) is 61.9 Å². The lowest BCUT2D eigenvalue weighted by molar-refractivity contribution is -0.114. The molecule has 0 aliphatic heterocycles. The highest BCUT2D eigenvalue weighted by Crippen LogP contribution is 2.56. The van der Waals surface area contributed by atoms with Crippen molar-refractivity contribution in [3.05, 3.63) is 65.2 Å². The van der Waals surface area contributed by atoms with Gasteiger partial charge in [0.2, 0.25) is 5.91 Å². The third kappa shape index (κ3) is 2.94. The van der Waals surface area contributed by atoms with Gasteiger partial charge < -0.3 is 5.32 Å². The average Bonchev–Trinajstić information content (AvgIpc) is 2.45. The molecular formula is C21H23NO. The highest BCUT2D eigenvalue weighted by molar-refractivity contribution is 6.04. The van der Waals surface area contributed by atoms with Gasteiger partial charge in [-0.2, -0.15) is 0 Å². The first-order valence-corrected chi connectivity index (χ1v) is 8.06. The molecule has 2 heteroatoms. The standard InChI is InChI=1S/C21H23NO/c1-14-8-7-9-16(12-14)20-18(13-21(20,3)4)17-10-5-6-11-19(17)22-15(2)23/h5-12H,13H2,1-4H3,(H,22,23). The highest BCUT2D eigenvalue weighted by atomic mass is 16.1. The van der Waals surface area contributed by atoms with Crippen LogP contribution >= 0.6 is 0 Å². The maximum absolute atomic E-state index is 11.5. The maximum atomic E-state index is 11.5. The van der Waals surface area contributed by atoms with Crippen LogP contribution in [0.15, 0.2) is 48.5 Å². The zero-order valence-electron chi connectivity index (χ0n) is 14.2. The van der Waals surface area contributed by atoms with Crippen molar-refractivity contribution < 1.29 is 4.79 Å². The number of aryl methyl sites for hydroxylation is 1. The number of carbonyl (C=O) groups excluding carboxylic acids is 1. The van der Waals surface area contributed by atoms with Crippen molar-refractivity contribution in [1.82, 2.24) is 0 Å². The van der Waals surface area contributed by atoms with Crippen LogP contribution in [0.4, 0.5) is 5.69 Å². The van der Waals surface area contributed by atoms with E-state index >= 15 is 0 Å². The number of rotatable bonds is 3. The minimum atomic E-state index is -0.0336. The Morgan fingerprint density at radius 2 is 1.83 bits per heavy atom. The molecule has 1 amide bonds. The molecule has 0 unspecified atom stereocenters. The van der Waals surface area contributed by atoms with Crippen LogP contribution in [0, 0.1) is 12.3 Å². The highest BCUT2D eigenvalue weighted by Gasteiger charge is 2.38. The van der Waals surface area contributed by atoms with Crippen molar-refractivity contribution in [3.63, 3.8) is 0 Å². The largest absolute Gasteiger partial charge is 0.326 e. The Labute approximate surface area is 138 Å². The quantitative estimate of drug-likeness (QED) is 0.819.